The van der Waals surface area contributed by atoms with Crippen LogP contribution in [0, 0.1) is 13.8 Å². The van der Waals surface area contributed by atoms with Crippen molar-refractivity contribution in [2.24, 2.45) is 0 Å². The Bertz CT molecular complexity index is 768. The number of rotatable bonds is 3. The summed E-state index contributed by atoms with van der Waals surface area (Å²) in [5.74, 6) is -0.158. The molecule has 0 bridgehead atoms. The van der Waals surface area contributed by atoms with Crippen molar-refractivity contribution in [2.75, 3.05) is 13.1 Å². The van der Waals surface area contributed by atoms with Gasteiger partial charge >= 0.3 is 0 Å². The van der Waals surface area contributed by atoms with E-state index < -0.39 is 0 Å². The van der Waals surface area contributed by atoms with E-state index in [0.29, 0.717) is 24.3 Å². The first-order valence-electron chi connectivity index (χ1n) is 8.48. The highest BCUT2D eigenvalue weighted by atomic mass is 16.2. The number of carbonyl (C=O) groups excluding carboxylic acids is 2. The van der Waals surface area contributed by atoms with Crippen molar-refractivity contribution in [1.29, 1.82) is 0 Å². The van der Waals surface area contributed by atoms with Crippen molar-refractivity contribution in [3.8, 4) is 0 Å². The monoisotopic (exact) mass is 338 g/mol. The van der Waals surface area contributed by atoms with Gasteiger partial charge in [0.1, 0.15) is 5.69 Å². The summed E-state index contributed by atoms with van der Waals surface area (Å²) in [4.78, 5) is 34.5. The molecule has 3 rings (SSSR count). The standard InChI is InChI=1S/C19H22N4O2/c1-13-3-4-15(11-14(13)2)18(24)22-16-5-9-23(10-6-16)19(25)17-12-20-7-8-21-17/h3-4,7-8,11-12,16H,5-6,9-10H2,1-2H3,(H,22,24). The Hall–Kier alpha value is -2.76. The lowest BCUT2D eigenvalue weighted by Crippen LogP contribution is -2.46. The van der Waals surface area contributed by atoms with Gasteiger partial charge in [0.15, 0.2) is 0 Å². The first kappa shape index (κ1) is 17.1. The highest BCUT2D eigenvalue weighted by Crippen LogP contribution is 2.15. The fourth-order valence-electron chi connectivity index (χ4n) is 2.95. The molecule has 2 heterocycles. The van der Waals surface area contributed by atoms with Gasteiger partial charge in [-0.05, 0) is 49.9 Å². The second-order valence-corrected chi connectivity index (χ2v) is 6.43. The van der Waals surface area contributed by atoms with Gasteiger partial charge < -0.3 is 10.2 Å². The minimum atomic E-state index is -0.105. The number of amides is 2. The molecule has 2 amide bonds. The molecule has 6 nitrogen and oxygen atoms in total. The second kappa shape index (κ2) is 7.42. The molecule has 2 aromatic rings. The first-order valence-corrected chi connectivity index (χ1v) is 8.48. The van der Waals surface area contributed by atoms with Crippen molar-refractivity contribution in [3.05, 3.63) is 59.2 Å². The summed E-state index contributed by atoms with van der Waals surface area (Å²) in [7, 11) is 0. The van der Waals surface area contributed by atoms with Gasteiger partial charge in [0, 0.05) is 37.1 Å². The zero-order chi connectivity index (χ0) is 17.8. The molecule has 1 N–H and O–H groups in total. The van der Waals surface area contributed by atoms with Crippen LogP contribution in [0.1, 0.15) is 44.8 Å². The Morgan fingerprint density at radius 1 is 1.12 bits per heavy atom. The Balaban J connectivity index is 1.54. The van der Waals surface area contributed by atoms with Crippen molar-refractivity contribution in [3.63, 3.8) is 0 Å². The molecule has 1 aliphatic heterocycles. The number of nitrogens with zero attached hydrogens (tertiary/aromatic N) is 3. The summed E-state index contributed by atoms with van der Waals surface area (Å²) in [5.41, 5.74) is 3.32. The summed E-state index contributed by atoms with van der Waals surface area (Å²) < 4.78 is 0. The van der Waals surface area contributed by atoms with Gasteiger partial charge in [0.2, 0.25) is 0 Å². The van der Waals surface area contributed by atoms with Crippen LogP contribution in [0.2, 0.25) is 0 Å². The molecule has 0 aliphatic carbocycles. The van der Waals surface area contributed by atoms with Gasteiger partial charge in [-0.3, -0.25) is 14.6 Å². The fourth-order valence-corrected chi connectivity index (χ4v) is 2.95. The number of nitrogens with one attached hydrogen (secondary N) is 1. The van der Waals surface area contributed by atoms with E-state index in [1.807, 2.05) is 32.0 Å². The quantitative estimate of drug-likeness (QED) is 0.930. The summed E-state index contributed by atoms with van der Waals surface area (Å²) in [6.07, 6.45) is 6.02. The lowest BCUT2D eigenvalue weighted by Gasteiger charge is -2.32. The number of hydrogen-bond acceptors (Lipinski definition) is 4. The first-order chi connectivity index (χ1) is 12.0. The number of carbonyl (C=O) groups is 2. The van der Waals surface area contributed by atoms with Gasteiger partial charge in [-0.25, -0.2) is 4.98 Å². The van der Waals surface area contributed by atoms with E-state index in [1.165, 1.54) is 18.0 Å². The molecule has 0 saturated carbocycles. The largest absolute Gasteiger partial charge is 0.349 e. The SMILES string of the molecule is Cc1ccc(C(=O)NC2CCN(C(=O)c3cnccn3)CC2)cc1C. The number of likely N-dealkylation sites (tertiary alicyclic amines) is 1. The van der Waals surface area contributed by atoms with Crippen molar-refractivity contribution < 1.29 is 9.59 Å². The lowest BCUT2D eigenvalue weighted by atomic mass is 10.0. The number of aryl methyl sites for hydroxylation is 2. The van der Waals surface area contributed by atoms with E-state index in [0.717, 1.165) is 18.4 Å². The van der Waals surface area contributed by atoms with Gasteiger partial charge in [0.05, 0.1) is 6.20 Å². The van der Waals surface area contributed by atoms with Crippen LogP contribution in [0.4, 0.5) is 0 Å². The van der Waals surface area contributed by atoms with Crippen LogP contribution in [0.3, 0.4) is 0 Å². The molecule has 25 heavy (non-hydrogen) atoms. The third-order valence-electron chi connectivity index (χ3n) is 4.67. The van der Waals surface area contributed by atoms with E-state index in [1.54, 1.807) is 11.1 Å². The highest BCUT2D eigenvalue weighted by Gasteiger charge is 2.25. The molecule has 0 atom stereocenters. The number of piperidine rings is 1. The van der Waals surface area contributed by atoms with Gasteiger partial charge in [-0.2, -0.15) is 0 Å². The minimum Gasteiger partial charge on any atom is -0.349 e. The topological polar surface area (TPSA) is 75.2 Å². The smallest absolute Gasteiger partial charge is 0.274 e. The maximum Gasteiger partial charge on any atom is 0.274 e. The van der Waals surface area contributed by atoms with Crippen LogP contribution >= 0.6 is 0 Å². The Kier molecular flexibility index (Phi) is 5.07. The van der Waals surface area contributed by atoms with Crippen molar-refractivity contribution in [2.45, 2.75) is 32.7 Å². The van der Waals surface area contributed by atoms with Gasteiger partial charge in [0.25, 0.3) is 11.8 Å². The molecule has 130 valence electrons. The molecule has 1 aromatic carbocycles. The normalized spacial score (nSPS) is 15.0. The van der Waals surface area contributed by atoms with E-state index in [-0.39, 0.29) is 17.9 Å². The minimum absolute atomic E-state index is 0.0539. The van der Waals surface area contributed by atoms with Gasteiger partial charge in [-0.15, -0.1) is 0 Å². The zero-order valence-corrected chi connectivity index (χ0v) is 14.5. The maximum atomic E-state index is 12.4. The fraction of sp³-hybridized carbons (Fsp3) is 0.368. The van der Waals surface area contributed by atoms with Crippen LogP contribution in [0.25, 0.3) is 0 Å². The van der Waals surface area contributed by atoms with Crippen LogP contribution < -0.4 is 5.32 Å². The Labute approximate surface area is 147 Å². The molecule has 1 aromatic heterocycles. The molecular formula is C19H22N4O2. The molecule has 0 radical (unpaired) electrons. The number of benzene rings is 1. The molecular weight excluding hydrogens is 316 g/mol. The molecule has 0 unspecified atom stereocenters. The molecule has 1 saturated heterocycles. The predicted molar refractivity (Wildman–Crippen MR) is 94.3 cm³/mol. The number of hydrogen-bond donors (Lipinski definition) is 1. The van der Waals surface area contributed by atoms with Crippen LogP contribution in [-0.2, 0) is 0 Å². The van der Waals surface area contributed by atoms with E-state index in [9.17, 15) is 9.59 Å². The zero-order valence-electron chi connectivity index (χ0n) is 14.5. The molecule has 0 spiro atoms. The molecule has 1 fully saturated rings. The second-order valence-electron chi connectivity index (χ2n) is 6.43. The average molecular weight is 338 g/mol. The Morgan fingerprint density at radius 3 is 2.52 bits per heavy atom. The Morgan fingerprint density at radius 2 is 1.88 bits per heavy atom. The lowest BCUT2D eigenvalue weighted by molar-refractivity contribution is 0.0692. The summed E-state index contributed by atoms with van der Waals surface area (Å²) >= 11 is 0. The summed E-state index contributed by atoms with van der Waals surface area (Å²) in [5, 5.41) is 3.08. The third-order valence-corrected chi connectivity index (χ3v) is 4.67. The average Bonchev–Trinajstić information content (AvgIpc) is 2.64. The predicted octanol–water partition coefficient (Wildman–Crippen LogP) is 2.13. The third kappa shape index (κ3) is 4.02. The van der Waals surface area contributed by atoms with Crippen molar-refractivity contribution >= 4 is 11.8 Å². The van der Waals surface area contributed by atoms with E-state index >= 15 is 0 Å². The van der Waals surface area contributed by atoms with Crippen molar-refractivity contribution in [1.82, 2.24) is 20.2 Å². The summed E-state index contributed by atoms with van der Waals surface area (Å²) in [6, 6.07) is 5.81. The van der Waals surface area contributed by atoms with E-state index in [2.05, 4.69) is 15.3 Å². The van der Waals surface area contributed by atoms with Crippen LogP contribution in [-0.4, -0.2) is 45.8 Å². The summed E-state index contributed by atoms with van der Waals surface area (Å²) in [6.45, 7) is 5.24. The van der Waals surface area contributed by atoms with Crippen LogP contribution in [0.5, 0.6) is 0 Å². The van der Waals surface area contributed by atoms with Gasteiger partial charge in [-0.1, -0.05) is 6.07 Å². The van der Waals surface area contributed by atoms with Crippen LogP contribution in [0.15, 0.2) is 36.8 Å². The molecule has 6 heteroatoms. The van der Waals surface area contributed by atoms with E-state index in [4.69, 9.17) is 0 Å². The highest BCUT2D eigenvalue weighted by molar-refractivity contribution is 5.95. The number of aromatic nitrogens is 2. The maximum absolute atomic E-state index is 12.4. The molecule has 1 aliphatic rings.